The Morgan fingerprint density at radius 2 is 1.82 bits per heavy atom. The molecule has 0 fully saturated rings. The van der Waals surface area contributed by atoms with Crippen LogP contribution in [0.4, 0.5) is 0 Å². The zero-order chi connectivity index (χ0) is 12.3. The number of carbonyl (C=O) groups is 2. The average molecular weight is 228 g/mol. The van der Waals surface area contributed by atoms with E-state index in [-0.39, 0.29) is 18.0 Å². The van der Waals surface area contributed by atoms with Crippen molar-refractivity contribution >= 4 is 11.6 Å². The molecule has 2 aromatic rings. The van der Waals surface area contributed by atoms with Crippen LogP contribution in [0.3, 0.4) is 0 Å². The molecule has 0 aliphatic heterocycles. The first kappa shape index (κ1) is 11.3. The van der Waals surface area contributed by atoms with E-state index in [4.69, 9.17) is 0 Å². The molecule has 0 radical (unpaired) electrons. The van der Waals surface area contributed by atoms with E-state index in [1.165, 1.54) is 4.68 Å². The predicted octanol–water partition coefficient (Wildman–Crippen LogP) is 1.88. The molecule has 4 heteroatoms. The average Bonchev–Trinajstić information content (AvgIpc) is 2.76. The van der Waals surface area contributed by atoms with Gasteiger partial charge in [0.05, 0.1) is 6.42 Å². The van der Waals surface area contributed by atoms with Gasteiger partial charge < -0.3 is 0 Å². The molecule has 0 N–H and O–H groups in total. The molecule has 1 aromatic carbocycles. The molecule has 0 aliphatic carbocycles. The van der Waals surface area contributed by atoms with Crippen molar-refractivity contribution in [3.63, 3.8) is 0 Å². The topological polar surface area (TPSA) is 52.0 Å². The number of aryl methyl sites for hydroxylation is 1. The summed E-state index contributed by atoms with van der Waals surface area (Å²) < 4.78 is 1.47. The van der Waals surface area contributed by atoms with Crippen LogP contribution in [-0.2, 0) is 7.05 Å². The Kier molecular flexibility index (Phi) is 3.14. The molecule has 0 aliphatic rings. The minimum absolute atomic E-state index is 0.121. The molecule has 17 heavy (non-hydrogen) atoms. The molecule has 0 bridgehead atoms. The SMILES string of the molecule is Cn1nccc1C(=O)CC(=O)c1ccccc1. The summed E-state index contributed by atoms with van der Waals surface area (Å²) in [4.78, 5) is 23.6. The van der Waals surface area contributed by atoms with Crippen LogP contribution in [0.2, 0.25) is 0 Å². The van der Waals surface area contributed by atoms with Gasteiger partial charge in [-0.1, -0.05) is 30.3 Å². The van der Waals surface area contributed by atoms with Crippen molar-refractivity contribution < 1.29 is 9.59 Å². The summed E-state index contributed by atoms with van der Waals surface area (Å²) in [6, 6.07) is 10.4. The van der Waals surface area contributed by atoms with Gasteiger partial charge in [0.15, 0.2) is 11.6 Å². The maximum absolute atomic E-state index is 11.8. The molecule has 0 amide bonds. The Morgan fingerprint density at radius 1 is 1.12 bits per heavy atom. The van der Waals surface area contributed by atoms with E-state index >= 15 is 0 Å². The number of benzene rings is 1. The Morgan fingerprint density at radius 3 is 2.41 bits per heavy atom. The highest BCUT2D eigenvalue weighted by Gasteiger charge is 2.15. The Hall–Kier alpha value is -2.23. The predicted molar refractivity (Wildman–Crippen MR) is 62.9 cm³/mol. The van der Waals surface area contributed by atoms with Crippen LogP contribution in [0.5, 0.6) is 0 Å². The van der Waals surface area contributed by atoms with Crippen LogP contribution in [-0.4, -0.2) is 21.3 Å². The van der Waals surface area contributed by atoms with E-state index in [2.05, 4.69) is 5.10 Å². The van der Waals surface area contributed by atoms with Crippen molar-refractivity contribution in [2.24, 2.45) is 7.05 Å². The first-order valence-electron chi connectivity index (χ1n) is 5.28. The lowest BCUT2D eigenvalue weighted by atomic mass is 10.0. The van der Waals surface area contributed by atoms with Crippen molar-refractivity contribution in [1.82, 2.24) is 9.78 Å². The largest absolute Gasteiger partial charge is 0.294 e. The summed E-state index contributed by atoms with van der Waals surface area (Å²) in [6.07, 6.45) is 1.42. The number of hydrogen-bond acceptors (Lipinski definition) is 3. The van der Waals surface area contributed by atoms with Gasteiger partial charge in [-0.3, -0.25) is 14.3 Å². The van der Waals surface area contributed by atoms with E-state index in [9.17, 15) is 9.59 Å². The van der Waals surface area contributed by atoms with E-state index < -0.39 is 0 Å². The van der Waals surface area contributed by atoms with Crippen LogP contribution in [0.25, 0.3) is 0 Å². The Labute approximate surface area is 98.9 Å². The molecule has 2 rings (SSSR count). The summed E-state index contributed by atoms with van der Waals surface area (Å²) in [5.41, 5.74) is 1.01. The third-order valence-corrected chi connectivity index (χ3v) is 2.52. The first-order chi connectivity index (χ1) is 8.18. The monoisotopic (exact) mass is 228 g/mol. The van der Waals surface area contributed by atoms with Crippen molar-refractivity contribution in [1.29, 1.82) is 0 Å². The zero-order valence-corrected chi connectivity index (χ0v) is 9.46. The van der Waals surface area contributed by atoms with Crippen molar-refractivity contribution in [3.05, 3.63) is 53.9 Å². The fourth-order valence-corrected chi connectivity index (χ4v) is 1.61. The lowest BCUT2D eigenvalue weighted by Gasteiger charge is -2.01. The van der Waals surface area contributed by atoms with Gasteiger partial charge in [-0.15, -0.1) is 0 Å². The maximum Gasteiger partial charge on any atom is 0.188 e. The molecule has 0 atom stereocenters. The van der Waals surface area contributed by atoms with Crippen molar-refractivity contribution in [2.45, 2.75) is 6.42 Å². The number of carbonyl (C=O) groups excluding carboxylic acids is 2. The van der Waals surface area contributed by atoms with Gasteiger partial charge in [0, 0.05) is 18.8 Å². The van der Waals surface area contributed by atoms with Crippen LogP contribution in [0, 0.1) is 0 Å². The Balaban J connectivity index is 2.10. The van der Waals surface area contributed by atoms with E-state index in [0.29, 0.717) is 11.3 Å². The molecule has 1 aromatic heterocycles. The van der Waals surface area contributed by atoms with Crippen LogP contribution >= 0.6 is 0 Å². The number of ketones is 2. The van der Waals surface area contributed by atoms with Crippen LogP contribution in [0.1, 0.15) is 27.3 Å². The lowest BCUT2D eigenvalue weighted by Crippen LogP contribution is -2.12. The van der Waals surface area contributed by atoms with E-state index in [1.54, 1.807) is 43.6 Å². The van der Waals surface area contributed by atoms with E-state index in [0.717, 1.165) is 0 Å². The standard InChI is InChI=1S/C13H12N2O2/c1-15-11(7-8-14-15)13(17)9-12(16)10-5-3-2-4-6-10/h2-8H,9H2,1H3. The fraction of sp³-hybridized carbons (Fsp3) is 0.154. The zero-order valence-electron chi connectivity index (χ0n) is 9.46. The van der Waals surface area contributed by atoms with Gasteiger partial charge in [0.2, 0.25) is 0 Å². The summed E-state index contributed by atoms with van der Waals surface area (Å²) >= 11 is 0. The normalized spacial score (nSPS) is 10.2. The molecular formula is C13H12N2O2. The highest BCUT2D eigenvalue weighted by atomic mass is 16.1. The molecule has 86 valence electrons. The summed E-state index contributed by atoms with van der Waals surface area (Å²) in [6.45, 7) is 0. The molecular weight excluding hydrogens is 216 g/mol. The maximum atomic E-state index is 11.8. The highest BCUT2D eigenvalue weighted by Crippen LogP contribution is 2.07. The first-order valence-corrected chi connectivity index (χ1v) is 5.28. The third-order valence-electron chi connectivity index (χ3n) is 2.52. The minimum Gasteiger partial charge on any atom is -0.294 e. The van der Waals surface area contributed by atoms with Crippen molar-refractivity contribution in [2.75, 3.05) is 0 Å². The van der Waals surface area contributed by atoms with Crippen LogP contribution < -0.4 is 0 Å². The van der Waals surface area contributed by atoms with Crippen molar-refractivity contribution in [3.8, 4) is 0 Å². The number of Topliss-reactive ketones (excluding diaryl/α,β-unsaturated/α-hetero) is 2. The number of hydrogen-bond donors (Lipinski definition) is 0. The van der Waals surface area contributed by atoms with Gasteiger partial charge in [0.1, 0.15) is 5.69 Å². The van der Waals surface area contributed by atoms with E-state index in [1.807, 2.05) is 6.07 Å². The second-order valence-corrected chi connectivity index (χ2v) is 3.73. The smallest absolute Gasteiger partial charge is 0.188 e. The fourth-order valence-electron chi connectivity index (χ4n) is 1.61. The Bertz CT molecular complexity index is 544. The molecule has 0 saturated heterocycles. The van der Waals surface area contributed by atoms with Gasteiger partial charge in [-0.2, -0.15) is 5.10 Å². The third kappa shape index (κ3) is 2.47. The summed E-state index contributed by atoms with van der Waals surface area (Å²) in [5, 5.41) is 3.90. The summed E-state index contributed by atoms with van der Waals surface area (Å²) in [5.74, 6) is -0.379. The quantitative estimate of drug-likeness (QED) is 0.593. The number of rotatable bonds is 4. The highest BCUT2D eigenvalue weighted by molar-refractivity contribution is 6.12. The lowest BCUT2D eigenvalue weighted by molar-refractivity contribution is 0.0889. The molecule has 1 heterocycles. The number of nitrogens with zero attached hydrogens (tertiary/aromatic N) is 2. The van der Waals surface area contributed by atoms with Gasteiger partial charge in [0.25, 0.3) is 0 Å². The van der Waals surface area contributed by atoms with Gasteiger partial charge in [-0.25, -0.2) is 0 Å². The minimum atomic E-state index is -0.209. The van der Waals surface area contributed by atoms with Crippen LogP contribution in [0.15, 0.2) is 42.6 Å². The van der Waals surface area contributed by atoms with Gasteiger partial charge in [-0.05, 0) is 6.07 Å². The second-order valence-electron chi connectivity index (χ2n) is 3.73. The number of aromatic nitrogens is 2. The van der Waals surface area contributed by atoms with Gasteiger partial charge >= 0.3 is 0 Å². The molecule has 0 saturated carbocycles. The molecule has 0 unspecified atom stereocenters. The second kappa shape index (κ2) is 4.74. The molecule has 4 nitrogen and oxygen atoms in total. The molecule has 0 spiro atoms. The summed E-state index contributed by atoms with van der Waals surface area (Å²) in [7, 11) is 1.68.